The number of ether oxygens (including phenoxy) is 1. The molecule has 0 aliphatic rings. The summed E-state index contributed by atoms with van der Waals surface area (Å²) in [5, 5.41) is 0. The minimum Gasteiger partial charge on any atom is -0.460 e. The Balaban J connectivity index is 2.27. The normalized spacial score (nSPS) is 11.5. The van der Waals surface area contributed by atoms with Crippen LogP contribution in [0.1, 0.15) is 5.56 Å². The summed E-state index contributed by atoms with van der Waals surface area (Å²) in [4.78, 5) is 13.1. The third-order valence-corrected chi connectivity index (χ3v) is 3.49. The van der Waals surface area contributed by atoms with Crippen molar-refractivity contribution >= 4 is 25.7 Å². The van der Waals surface area contributed by atoms with E-state index in [-0.39, 0.29) is 25.4 Å². The lowest BCUT2D eigenvalue weighted by molar-refractivity contribution is -0.145. The van der Waals surface area contributed by atoms with Crippen LogP contribution in [0, 0.1) is 0 Å². The van der Waals surface area contributed by atoms with Crippen LogP contribution in [0.2, 0.25) is 0 Å². The highest BCUT2D eigenvalue weighted by atomic mass is 35.7. The van der Waals surface area contributed by atoms with Crippen molar-refractivity contribution in [2.45, 2.75) is 6.61 Å². The largest absolute Gasteiger partial charge is 0.460 e. The molecule has 0 aliphatic carbocycles. The van der Waals surface area contributed by atoms with Crippen LogP contribution < -0.4 is 0 Å². The molecule has 106 valence electrons. The molecule has 0 saturated carbocycles. The smallest absolute Gasteiger partial charge is 0.320 e. The van der Waals surface area contributed by atoms with Crippen LogP contribution >= 0.6 is 10.7 Å². The van der Waals surface area contributed by atoms with Gasteiger partial charge in [-0.25, -0.2) is 8.42 Å². The van der Waals surface area contributed by atoms with Gasteiger partial charge in [-0.2, -0.15) is 0 Å². The van der Waals surface area contributed by atoms with E-state index in [0.717, 1.165) is 5.56 Å². The fraction of sp³-hybridized carbons (Fsp3) is 0.417. The number of benzene rings is 1. The molecule has 1 aromatic rings. The number of hydrogen-bond donors (Lipinski definition) is 0. The van der Waals surface area contributed by atoms with Crippen LogP contribution in [0.3, 0.4) is 0 Å². The van der Waals surface area contributed by atoms with Crippen molar-refractivity contribution < 1.29 is 17.9 Å². The van der Waals surface area contributed by atoms with Crippen LogP contribution in [0.5, 0.6) is 0 Å². The molecular formula is C12H16ClNO4S. The molecule has 0 aliphatic heterocycles. The summed E-state index contributed by atoms with van der Waals surface area (Å²) in [6.45, 7) is 0.423. The molecule has 7 heteroatoms. The molecule has 1 rings (SSSR count). The van der Waals surface area contributed by atoms with Gasteiger partial charge in [0.1, 0.15) is 6.61 Å². The van der Waals surface area contributed by atoms with Crippen molar-refractivity contribution in [3.63, 3.8) is 0 Å². The van der Waals surface area contributed by atoms with Gasteiger partial charge >= 0.3 is 5.97 Å². The van der Waals surface area contributed by atoms with Gasteiger partial charge in [0, 0.05) is 17.2 Å². The zero-order chi connectivity index (χ0) is 14.3. The van der Waals surface area contributed by atoms with Crippen LogP contribution in [0.4, 0.5) is 0 Å². The number of halogens is 1. The van der Waals surface area contributed by atoms with Gasteiger partial charge in [-0.15, -0.1) is 0 Å². The van der Waals surface area contributed by atoms with Crippen molar-refractivity contribution in [2.24, 2.45) is 0 Å². The zero-order valence-corrected chi connectivity index (χ0v) is 12.2. The Morgan fingerprint density at radius 1 is 1.32 bits per heavy atom. The van der Waals surface area contributed by atoms with Crippen LogP contribution in [-0.2, 0) is 25.2 Å². The monoisotopic (exact) mass is 305 g/mol. The number of carbonyl (C=O) groups is 1. The fourth-order valence-corrected chi connectivity index (χ4v) is 2.08. The number of nitrogens with zero attached hydrogens (tertiary/aromatic N) is 1. The first-order valence-corrected chi connectivity index (χ1v) is 8.15. The zero-order valence-electron chi connectivity index (χ0n) is 10.6. The third-order valence-electron chi connectivity index (χ3n) is 2.36. The highest BCUT2D eigenvalue weighted by Gasteiger charge is 2.11. The molecule has 1 aromatic carbocycles. The van der Waals surface area contributed by atoms with E-state index < -0.39 is 15.0 Å². The molecular weight excluding hydrogens is 290 g/mol. The van der Waals surface area contributed by atoms with E-state index in [1.54, 1.807) is 11.9 Å². The Kier molecular flexibility index (Phi) is 6.27. The maximum Gasteiger partial charge on any atom is 0.320 e. The Morgan fingerprint density at radius 3 is 2.53 bits per heavy atom. The minimum absolute atomic E-state index is 0.0270. The van der Waals surface area contributed by atoms with E-state index >= 15 is 0 Å². The van der Waals surface area contributed by atoms with Gasteiger partial charge in [0.15, 0.2) is 0 Å². The predicted octanol–water partition coefficient (Wildman–Crippen LogP) is 1.23. The molecule has 0 fully saturated rings. The molecule has 0 amide bonds. The number of rotatable bonds is 7. The Hall–Kier alpha value is -1.11. The molecule has 5 nitrogen and oxygen atoms in total. The van der Waals surface area contributed by atoms with Gasteiger partial charge in [0.25, 0.3) is 0 Å². The average Bonchev–Trinajstić information content (AvgIpc) is 2.34. The first-order valence-electron chi connectivity index (χ1n) is 5.67. The van der Waals surface area contributed by atoms with Gasteiger partial charge in [-0.05, 0) is 12.6 Å². The summed E-state index contributed by atoms with van der Waals surface area (Å²) in [5.41, 5.74) is 0.904. The van der Waals surface area contributed by atoms with Gasteiger partial charge in [-0.1, -0.05) is 30.3 Å². The average molecular weight is 306 g/mol. The van der Waals surface area contributed by atoms with Crippen molar-refractivity contribution in [3.05, 3.63) is 35.9 Å². The topological polar surface area (TPSA) is 63.7 Å². The molecule has 0 N–H and O–H groups in total. The molecule has 0 radical (unpaired) electrons. The molecule has 0 spiro atoms. The van der Waals surface area contributed by atoms with E-state index in [2.05, 4.69) is 0 Å². The van der Waals surface area contributed by atoms with Gasteiger partial charge in [-0.3, -0.25) is 9.69 Å². The summed E-state index contributed by atoms with van der Waals surface area (Å²) in [7, 11) is 3.18. The maximum atomic E-state index is 11.5. The van der Waals surface area contributed by atoms with Crippen molar-refractivity contribution in [2.75, 3.05) is 25.9 Å². The lowest BCUT2D eigenvalue weighted by atomic mass is 10.2. The minimum atomic E-state index is -3.53. The summed E-state index contributed by atoms with van der Waals surface area (Å²) in [5.74, 6) is -0.602. The third kappa shape index (κ3) is 7.81. The SMILES string of the molecule is CN(CCS(=O)(=O)Cl)CC(=O)OCc1ccccc1. The predicted molar refractivity (Wildman–Crippen MR) is 73.4 cm³/mol. The number of hydrogen-bond acceptors (Lipinski definition) is 5. The number of carbonyl (C=O) groups excluding carboxylic acids is 1. The number of esters is 1. The summed E-state index contributed by atoms with van der Waals surface area (Å²) in [6.07, 6.45) is 0. The van der Waals surface area contributed by atoms with E-state index in [9.17, 15) is 13.2 Å². The van der Waals surface area contributed by atoms with Gasteiger partial charge in [0.2, 0.25) is 9.05 Å². The maximum absolute atomic E-state index is 11.5. The molecule has 0 saturated heterocycles. The lowest BCUT2D eigenvalue weighted by Gasteiger charge is -2.14. The quantitative estimate of drug-likeness (QED) is 0.560. The molecule has 19 heavy (non-hydrogen) atoms. The second-order valence-corrected chi connectivity index (χ2v) is 7.02. The molecule has 0 aromatic heterocycles. The Morgan fingerprint density at radius 2 is 1.95 bits per heavy atom. The van der Waals surface area contributed by atoms with Crippen LogP contribution in [-0.4, -0.2) is 45.2 Å². The van der Waals surface area contributed by atoms with Crippen LogP contribution in [0.25, 0.3) is 0 Å². The summed E-state index contributed by atoms with van der Waals surface area (Å²) >= 11 is 0. The molecule has 0 atom stereocenters. The summed E-state index contributed by atoms with van der Waals surface area (Å²) < 4.78 is 26.6. The second-order valence-electron chi connectivity index (χ2n) is 4.13. The number of likely N-dealkylation sites (N-methyl/N-ethyl adjacent to an activating group) is 1. The summed E-state index contributed by atoms with van der Waals surface area (Å²) in [6, 6.07) is 9.32. The van der Waals surface area contributed by atoms with Gasteiger partial charge in [0.05, 0.1) is 12.3 Å². The highest BCUT2D eigenvalue weighted by Crippen LogP contribution is 2.01. The highest BCUT2D eigenvalue weighted by molar-refractivity contribution is 8.13. The first-order chi connectivity index (χ1) is 8.87. The van der Waals surface area contributed by atoms with Crippen molar-refractivity contribution in [1.29, 1.82) is 0 Å². The molecule has 0 unspecified atom stereocenters. The van der Waals surface area contributed by atoms with E-state index in [0.29, 0.717) is 0 Å². The van der Waals surface area contributed by atoms with Crippen molar-refractivity contribution in [3.8, 4) is 0 Å². The van der Waals surface area contributed by atoms with E-state index in [4.69, 9.17) is 15.4 Å². The second kappa shape index (κ2) is 7.47. The lowest BCUT2D eigenvalue weighted by Crippen LogP contribution is -2.30. The van der Waals surface area contributed by atoms with Crippen molar-refractivity contribution in [1.82, 2.24) is 4.90 Å². The van der Waals surface area contributed by atoms with E-state index in [1.165, 1.54) is 0 Å². The molecule has 0 heterocycles. The Bertz CT molecular complexity index is 504. The van der Waals surface area contributed by atoms with E-state index in [1.807, 2.05) is 30.3 Å². The van der Waals surface area contributed by atoms with Gasteiger partial charge < -0.3 is 4.74 Å². The fourth-order valence-electron chi connectivity index (χ4n) is 1.35. The standard InChI is InChI=1S/C12H16ClNO4S/c1-14(7-8-19(13,16)17)9-12(15)18-10-11-5-3-2-4-6-11/h2-6H,7-10H2,1H3. The Labute approximate surface area is 117 Å². The van der Waals surface area contributed by atoms with Crippen LogP contribution in [0.15, 0.2) is 30.3 Å². The molecule has 0 bridgehead atoms. The first kappa shape index (κ1) is 15.9.